The largest absolute Gasteiger partial charge is 0.481 e. The van der Waals surface area contributed by atoms with E-state index in [0.717, 1.165) is 12.8 Å². The third-order valence-electron chi connectivity index (χ3n) is 3.70. The maximum atomic E-state index is 11.1. The summed E-state index contributed by atoms with van der Waals surface area (Å²) < 4.78 is 0. The van der Waals surface area contributed by atoms with Gasteiger partial charge in [0.1, 0.15) is 0 Å². The molecular formula is C15H14O2. The van der Waals surface area contributed by atoms with Crippen LogP contribution in [0.2, 0.25) is 0 Å². The number of aliphatic carboxylic acids is 1. The molecule has 0 saturated carbocycles. The summed E-state index contributed by atoms with van der Waals surface area (Å²) in [7, 11) is 0. The molecule has 0 heterocycles. The predicted octanol–water partition coefficient (Wildman–Crippen LogP) is 3.03. The Bertz CT molecular complexity index is 586. The Kier molecular flexibility index (Phi) is 2.36. The summed E-state index contributed by atoms with van der Waals surface area (Å²) in [6.45, 7) is 0. The van der Waals surface area contributed by atoms with Crippen molar-refractivity contribution >= 4 is 16.7 Å². The molecule has 0 spiro atoms. The average molecular weight is 226 g/mol. The summed E-state index contributed by atoms with van der Waals surface area (Å²) in [5.74, 6) is -0.878. The standard InChI is InChI=1S/C15H14O2/c16-15(17)12-8-7-11-6-5-10-3-1-2-4-13(10)14(11)9-12/h1-6,12H,7-9H2,(H,16,17). The lowest BCUT2D eigenvalue weighted by Crippen LogP contribution is -2.22. The molecule has 2 nitrogen and oxygen atoms in total. The molecule has 0 fully saturated rings. The summed E-state index contributed by atoms with van der Waals surface area (Å²) in [6.07, 6.45) is 2.32. The molecule has 1 unspecified atom stereocenters. The zero-order valence-corrected chi connectivity index (χ0v) is 9.52. The molecule has 2 aromatic carbocycles. The smallest absolute Gasteiger partial charge is 0.306 e. The lowest BCUT2D eigenvalue weighted by atomic mass is 9.81. The van der Waals surface area contributed by atoms with Crippen LogP contribution in [-0.2, 0) is 17.6 Å². The van der Waals surface area contributed by atoms with Crippen molar-refractivity contribution in [3.8, 4) is 0 Å². The molecule has 0 bridgehead atoms. The van der Waals surface area contributed by atoms with Crippen molar-refractivity contribution in [1.29, 1.82) is 0 Å². The number of carboxylic acid groups (broad SMARTS) is 1. The first-order valence-electron chi connectivity index (χ1n) is 5.98. The average Bonchev–Trinajstić information content (AvgIpc) is 2.38. The molecule has 1 atom stereocenters. The van der Waals surface area contributed by atoms with Crippen molar-refractivity contribution in [2.45, 2.75) is 19.3 Å². The monoisotopic (exact) mass is 226 g/mol. The second-order valence-corrected chi connectivity index (χ2v) is 4.70. The van der Waals surface area contributed by atoms with Gasteiger partial charge in [-0.3, -0.25) is 4.79 Å². The fraction of sp³-hybridized carbons (Fsp3) is 0.267. The first kappa shape index (κ1) is 10.3. The van der Waals surface area contributed by atoms with Gasteiger partial charge in [-0.25, -0.2) is 0 Å². The van der Waals surface area contributed by atoms with Gasteiger partial charge in [-0.2, -0.15) is 0 Å². The highest BCUT2D eigenvalue weighted by atomic mass is 16.4. The Labute approximate surface area is 99.9 Å². The molecule has 0 amide bonds. The number of hydrogen-bond donors (Lipinski definition) is 1. The minimum absolute atomic E-state index is 0.215. The van der Waals surface area contributed by atoms with E-state index in [4.69, 9.17) is 5.11 Å². The van der Waals surface area contributed by atoms with E-state index in [0.29, 0.717) is 6.42 Å². The van der Waals surface area contributed by atoms with Crippen molar-refractivity contribution < 1.29 is 9.90 Å². The van der Waals surface area contributed by atoms with Gasteiger partial charge >= 0.3 is 5.97 Å². The maximum Gasteiger partial charge on any atom is 0.306 e. The van der Waals surface area contributed by atoms with E-state index < -0.39 is 5.97 Å². The van der Waals surface area contributed by atoms with Crippen LogP contribution >= 0.6 is 0 Å². The Balaban J connectivity index is 2.15. The van der Waals surface area contributed by atoms with Crippen LogP contribution in [0.4, 0.5) is 0 Å². The van der Waals surface area contributed by atoms with E-state index in [1.54, 1.807) is 0 Å². The maximum absolute atomic E-state index is 11.1. The van der Waals surface area contributed by atoms with Gasteiger partial charge in [-0.05, 0) is 41.2 Å². The highest BCUT2D eigenvalue weighted by Crippen LogP contribution is 2.31. The van der Waals surface area contributed by atoms with E-state index >= 15 is 0 Å². The number of benzene rings is 2. The van der Waals surface area contributed by atoms with Gasteiger partial charge in [-0.15, -0.1) is 0 Å². The van der Waals surface area contributed by atoms with Crippen molar-refractivity contribution in [2.24, 2.45) is 5.92 Å². The molecule has 0 saturated heterocycles. The van der Waals surface area contributed by atoms with Crippen LogP contribution in [0, 0.1) is 5.92 Å². The van der Waals surface area contributed by atoms with Gasteiger partial charge in [0, 0.05) is 0 Å². The third-order valence-corrected chi connectivity index (χ3v) is 3.70. The minimum Gasteiger partial charge on any atom is -0.481 e. The molecule has 86 valence electrons. The summed E-state index contributed by atoms with van der Waals surface area (Å²) >= 11 is 0. The topological polar surface area (TPSA) is 37.3 Å². The van der Waals surface area contributed by atoms with E-state index in [-0.39, 0.29) is 5.92 Å². The number of carbonyl (C=O) groups is 1. The summed E-state index contributed by atoms with van der Waals surface area (Å²) in [6, 6.07) is 12.5. The number of fused-ring (bicyclic) bond motifs is 3. The fourth-order valence-corrected chi connectivity index (χ4v) is 2.75. The first-order valence-corrected chi connectivity index (χ1v) is 5.98. The van der Waals surface area contributed by atoms with Crippen molar-refractivity contribution in [1.82, 2.24) is 0 Å². The first-order chi connectivity index (χ1) is 8.25. The van der Waals surface area contributed by atoms with E-state index in [1.807, 2.05) is 12.1 Å². The fourth-order valence-electron chi connectivity index (χ4n) is 2.75. The molecule has 1 aliphatic rings. The Hall–Kier alpha value is -1.83. The van der Waals surface area contributed by atoms with Crippen molar-refractivity contribution in [3.63, 3.8) is 0 Å². The highest BCUT2D eigenvalue weighted by Gasteiger charge is 2.25. The Morgan fingerprint density at radius 2 is 2.00 bits per heavy atom. The molecule has 2 heteroatoms. The molecule has 0 aliphatic heterocycles. The third kappa shape index (κ3) is 1.70. The van der Waals surface area contributed by atoms with Gasteiger partial charge in [0.25, 0.3) is 0 Å². The zero-order valence-electron chi connectivity index (χ0n) is 9.52. The van der Waals surface area contributed by atoms with Crippen LogP contribution in [-0.4, -0.2) is 11.1 Å². The number of rotatable bonds is 1. The normalized spacial score (nSPS) is 18.9. The molecule has 0 aromatic heterocycles. The predicted molar refractivity (Wildman–Crippen MR) is 67.1 cm³/mol. The molecule has 0 radical (unpaired) electrons. The molecular weight excluding hydrogens is 212 g/mol. The molecule has 2 aromatic rings. The molecule has 17 heavy (non-hydrogen) atoms. The van der Waals surface area contributed by atoms with Crippen LogP contribution in [0.5, 0.6) is 0 Å². The van der Waals surface area contributed by atoms with Crippen LogP contribution in [0.15, 0.2) is 36.4 Å². The number of aryl methyl sites for hydroxylation is 1. The lowest BCUT2D eigenvalue weighted by molar-refractivity contribution is -0.142. The van der Waals surface area contributed by atoms with Crippen LogP contribution in [0.1, 0.15) is 17.5 Å². The number of carboxylic acids is 1. The van der Waals surface area contributed by atoms with Gasteiger partial charge < -0.3 is 5.11 Å². The molecule has 1 aliphatic carbocycles. The van der Waals surface area contributed by atoms with Gasteiger partial charge in [0.2, 0.25) is 0 Å². The SMILES string of the molecule is O=C(O)C1CCc2ccc3ccccc3c2C1. The van der Waals surface area contributed by atoms with Crippen molar-refractivity contribution in [2.75, 3.05) is 0 Å². The van der Waals surface area contributed by atoms with Crippen LogP contribution in [0.25, 0.3) is 10.8 Å². The second-order valence-electron chi connectivity index (χ2n) is 4.70. The summed E-state index contributed by atoms with van der Waals surface area (Å²) in [5.41, 5.74) is 2.56. The van der Waals surface area contributed by atoms with E-state index in [9.17, 15) is 4.79 Å². The molecule has 3 rings (SSSR count). The van der Waals surface area contributed by atoms with E-state index in [1.165, 1.54) is 21.9 Å². The highest BCUT2D eigenvalue weighted by molar-refractivity contribution is 5.87. The summed E-state index contributed by atoms with van der Waals surface area (Å²) in [4.78, 5) is 11.1. The summed E-state index contributed by atoms with van der Waals surface area (Å²) in [5, 5.41) is 11.6. The number of hydrogen-bond acceptors (Lipinski definition) is 1. The quantitative estimate of drug-likeness (QED) is 0.811. The Morgan fingerprint density at radius 1 is 1.18 bits per heavy atom. The van der Waals surface area contributed by atoms with Gasteiger partial charge in [0.15, 0.2) is 0 Å². The minimum atomic E-state index is -0.663. The van der Waals surface area contributed by atoms with Crippen LogP contribution in [0.3, 0.4) is 0 Å². The van der Waals surface area contributed by atoms with Crippen molar-refractivity contribution in [3.05, 3.63) is 47.5 Å². The zero-order chi connectivity index (χ0) is 11.8. The molecule has 1 N–H and O–H groups in total. The second kappa shape index (κ2) is 3.88. The van der Waals surface area contributed by atoms with E-state index in [2.05, 4.69) is 24.3 Å². The van der Waals surface area contributed by atoms with Crippen LogP contribution < -0.4 is 0 Å². The Morgan fingerprint density at radius 3 is 2.82 bits per heavy atom. The lowest BCUT2D eigenvalue weighted by Gasteiger charge is -2.23. The van der Waals surface area contributed by atoms with Gasteiger partial charge in [0.05, 0.1) is 5.92 Å². The van der Waals surface area contributed by atoms with Gasteiger partial charge in [-0.1, -0.05) is 36.4 Å².